The molecule has 1 aliphatic carbocycles. The Bertz CT molecular complexity index is 565. The average Bonchev–Trinajstić information content (AvgIpc) is 2.57. The number of likely N-dealkylation sites (tertiary alicyclic amines) is 1. The molecule has 2 bridgehead atoms. The number of fused-ring (bicyclic) bond motifs is 2. The van der Waals surface area contributed by atoms with E-state index in [1.165, 1.54) is 30.4 Å². The molecule has 0 amide bonds. The highest BCUT2D eigenvalue weighted by molar-refractivity contribution is 5.32. The zero-order valence-corrected chi connectivity index (χ0v) is 14.8. The van der Waals surface area contributed by atoms with Crippen molar-refractivity contribution in [3.05, 3.63) is 34.9 Å². The van der Waals surface area contributed by atoms with Crippen molar-refractivity contribution in [3.63, 3.8) is 0 Å². The van der Waals surface area contributed by atoms with Crippen LogP contribution in [-0.2, 0) is 0 Å². The minimum Gasteiger partial charge on any atom is -0.387 e. The quantitative estimate of drug-likeness (QED) is 0.902. The molecule has 0 spiro atoms. The predicted molar refractivity (Wildman–Crippen MR) is 92.0 cm³/mol. The summed E-state index contributed by atoms with van der Waals surface area (Å²) in [5, 5.41) is 10.7. The van der Waals surface area contributed by atoms with Crippen molar-refractivity contribution in [1.82, 2.24) is 4.90 Å². The smallest absolute Gasteiger partial charge is 0.0919 e. The van der Waals surface area contributed by atoms with Gasteiger partial charge < -0.3 is 5.11 Å². The van der Waals surface area contributed by atoms with Gasteiger partial charge in [0.05, 0.1) is 6.10 Å². The van der Waals surface area contributed by atoms with Gasteiger partial charge in [0.1, 0.15) is 0 Å². The van der Waals surface area contributed by atoms with Crippen LogP contribution in [0.25, 0.3) is 0 Å². The van der Waals surface area contributed by atoms with Crippen molar-refractivity contribution in [2.24, 2.45) is 10.8 Å². The van der Waals surface area contributed by atoms with Crippen molar-refractivity contribution in [3.8, 4) is 0 Å². The first-order chi connectivity index (χ1) is 10.2. The molecule has 2 fully saturated rings. The summed E-state index contributed by atoms with van der Waals surface area (Å²) in [6.45, 7) is 13.4. The van der Waals surface area contributed by atoms with Gasteiger partial charge in [0.25, 0.3) is 0 Å². The number of β-amino-alcohol motifs (C(OH)–C–C–N with tert-alkyl or cyclic N) is 1. The fourth-order valence-electron chi connectivity index (χ4n) is 5.31. The maximum Gasteiger partial charge on any atom is 0.0919 e. The van der Waals surface area contributed by atoms with E-state index < -0.39 is 0 Å². The van der Waals surface area contributed by atoms with Crippen LogP contribution in [0.3, 0.4) is 0 Å². The largest absolute Gasteiger partial charge is 0.387 e. The number of hydrogen-bond acceptors (Lipinski definition) is 2. The van der Waals surface area contributed by atoms with Gasteiger partial charge in [-0.3, -0.25) is 4.90 Å². The molecule has 1 N–H and O–H groups in total. The Morgan fingerprint density at radius 3 is 2.64 bits per heavy atom. The Balaban J connectivity index is 1.74. The van der Waals surface area contributed by atoms with E-state index in [0.717, 1.165) is 18.7 Å². The number of hydrogen-bond donors (Lipinski definition) is 1. The van der Waals surface area contributed by atoms with Crippen molar-refractivity contribution in [2.45, 2.75) is 66.0 Å². The van der Waals surface area contributed by atoms with Crippen LogP contribution >= 0.6 is 0 Å². The second kappa shape index (κ2) is 5.35. The molecule has 0 aromatic heterocycles. The standard InChI is InChI=1S/C20H31NO/c1-14-6-7-17(15(2)8-14)18(22)11-21-13-20(5)10-16(21)9-19(3,4)12-20/h6-8,16,18,22H,9-13H2,1-5H3. The molecule has 0 radical (unpaired) electrons. The van der Waals surface area contributed by atoms with Gasteiger partial charge >= 0.3 is 0 Å². The van der Waals surface area contributed by atoms with Gasteiger partial charge in [-0.15, -0.1) is 0 Å². The molecule has 3 rings (SSSR count). The van der Waals surface area contributed by atoms with Crippen molar-refractivity contribution >= 4 is 0 Å². The number of aliphatic hydroxyl groups is 1. The number of aryl methyl sites for hydroxylation is 2. The third-order valence-corrected chi connectivity index (χ3v) is 5.71. The molecular formula is C20H31NO. The van der Waals surface area contributed by atoms with Crippen LogP contribution in [0.2, 0.25) is 0 Å². The monoisotopic (exact) mass is 301 g/mol. The number of rotatable bonds is 3. The van der Waals surface area contributed by atoms with Gasteiger partial charge in [0, 0.05) is 19.1 Å². The average molecular weight is 301 g/mol. The molecule has 3 unspecified atom stereocenters. The topological polar surface area (TPSA) is 23.5 Å². The van der Waals surface area contributed by atoms with Gasteiger partial charge in [0.2, 0.25) is 0 Å². The molecule has 22 heavy (non-hydrogen) atoms. The number of benzene rings is 1. The van der Waals surface area contributed by atoms with Gasteiger partial charge in [0.15, 0.2) is 0 Å². The molecular weight excluding hydrogens is 270 g/mol. The molecule has 1 aliphatic heterocycles. The summed E-state index contributed by atoms with van der Waals surface area (Å²) in [5.41, 5.74) is 4.45. The molecule has 1 aromatic carbocycles. The maximum absolute atomic E-state index is 10.7. The summed E-state index contributed by atoms with van der Waals surface area (Å²) < 4.78 is 0. The SMILES string of the molecule is Cc1ccc(C(O)CN2CC3(C)CC2CC(C)(C)C3)c(C)c1. The van der Waals surface area contributed by atoms with Crippen LogP contribution in [0.4, 0.5) is 0 Å². The highest BCUT2D eigenvalue weighted by Crippen LogP contribution is 2.52. The van der Waals surface area contributed by atoms with E-state index in [9.17, 15) is 5.11 Å². The summed E-state index contributed by atoms with van der Waals surface area (Å²) in [6, 6.07) is 7.03. The summed E-state index contributed by atoms with van der Waals surface area (Å²) in [6.07, 6.45) is 3.51. The Labute approximate surface area is 135 Å². The van der Waals surface area contributed by atoms with Gasteiger partial charge in [-0.2, -0.15) is 0 Å². The molecule has 1 saturated heterocycles. The van der Waals surface area contributed by atoms with Gasteiger partial charge in [-0.05, 0) is 55.1 Å². The minimum absolute atomic E-state index is 0.369. The zero-order valence-electron chi connectivity index (χ0n) is 14.8. The Morgan fingerprint density at radius 1 is 1.23 bits per heavy atom. The lowest BCUT2D eigenvalue weighted by molar-refractivity contribution is 0.0918. The summed E-state index contributed by atoms with van der Waals surface area (Å²) >= 11 is 0. The third kappa shape index (κ3) is 3.09. The number of aliphatic hydroxyl groups excluding tert-OH is 1. The van der Waals surface area contributed by atoms with Crippen LogP contribution in [0.1, 0.15) is 62.8 Å². The van der Waals surface area contributed by atoms with Crippen LogP contribution in [0.5, 0.6) is 0 Å². The van der Waals surface area contributed by atoms with Gasteiger partial charge in [-0.1, -0.05) is 44.5 Å². The minimum atomic E-state index is -0.369. The molecule has 1 saturated carbocycles. The second-order valence-corrected chi connectivity index (χ2v) is 9.02. The lowest BCUT2D eigenvalue weighted by Crippen LogP contribution is -2.36. The van der Waals surface area contributed by atoms with E-state index in [2.05, 4.69) is 57.7 Å². The Morgan fingerprint density at radius 2 is 1.95 bits per heavy atom. The van der Waals surface area contributed by atoms with Crippen molar-refractivity contribution in [1.29, 1.82) is 0 Å². The molecule has 2 nitrogen and oxygen atoms in total. The van der Waals surface area contributed by atoms with E-state index >= 15 is 0 Å². The third-order valence-electron chi connectivity index (χ3n) is 5.71. The maximum atomic E-state index is 10.7. The fraction of sp³-hybridized carbons (Fsp3) is 0.700. The van der Waals surface area contributed by atoms with Crippen LogP contribution in [-0.4, -0.2) is 29.1 Å². The Kier molecular flexibility index (Phi) is 3.89. The van der Waals surface area contributed by atoms with E-state index in [1.54, 1.807) is 0 Å². The zero-order chi connectivity index (χ0) is 16.1. The summed E-state index contributed by atoms with van der Waals surface area (Å²) in [5.74, 6) is 0. The number of nitrogens with zero attached hydrogens (tertiary/aromatic N) is 1. The lowest BCUT2D eigenvalue weighted by Gasteiger charge is -2.40. The van der Waals surface area contributed by atoms with Crippen molar-refractivity contribution < 1.29 is 5.11 Å². The van der Waals surface area contributed by atoms with E-state index in [-0.39, 0.29) is 6.10 Å². The summed E-state index contributed by atoms with van der Waals surface area (Å²) in [7, 11) is 0. The first-order valence-corrected chi connectivity index (χ1v) is 8.67. The molecule has 3 atom stereocenters. The van der Waals surface area contributed by atoms with E-state index in [4.69, 9.17) is 0 Å². The molecule has 2 aliphatic rings. The molecule has 2 heteroatoms. The van der Waals surface area contributed by atoms with Crippen molar-refractivity contribution in [2.75, 3.05) is 13.1 Å². The second-order valence-electron chi connectivity index (χ2n) is 9.02. The summed E-state index contributed by atoms with van der Waals surface area (Å²) in [4.78, 5) is 2.55. The van der Waals surface area contributed by atoms with E-state index in [0.29, 0.717) is 16.9 Å². The highest BCUT2D eigenvalue weighted by atomic mass is 16.3. The first kappa shape index (κ1) is 16.0. The van der Waals surface area contributed by atoms with Crippen LogP contribution in [0.15, 0.2) is 18.2 Å². The molecule has 1 aromatic rings. The normalized spacial score (nSPS) is 32.2. The molecule has 122 valence electrons. The first-order valence-electron chi connectivity index (χ1n) is 8.67. The lowest BCUT2D eigenvalue weighted by atomic mass is 9.65. The fourth-order valence-corrected chi connectivity index (χ4v) is 5.31. The Hall–Kier alpha value is -0.860. The van der Waals surface area contributed by atoms with E-state index in [1.807, 2.05) is 0 Å². The molecule has 1 heterocycles. The predicted octanol–water partition coefficient (Wildman–Crippen LogP) is 4.24. The van der Waals surface area contributed by atoms with Crippen LogP contribution < -0.4 is 0 Å². The van der Waals surface area contributed by atoms with Crippen LogP contribution in [0, 0.1) is 24.7 Å². The highest BCUT2D eigenvalue weighted by Gasteiger charge is 2.49. The van der Waals surface area contributed by atoms with Gasteiger partial charge in [-0.25, -0.2) is 0 Å².